The highest BCUT2D eigenvalue weighted by Crippen LogP contribution is 2.22. The number of benzene rings is 2. The van der Waals surface area contributed by atoms with E-state index in [2.05, 4.69) is 4.98 Å². The number of carbonyl (C=O) groups is 1. The highest BCUT2D eigenvalue weighted by Gasteiger charge is 2.28. The van der Waals surface area contributed by atoms with Gasteiger partial charge in [-0.3, -0.25) is 4.79 Å². The molecule has 2 aromatic carbocycles. The number of carbonyl (C=O) groups excluding carboxylic acids is 1. The van der Waals surface area contributed by atoms with Gasteiger partial charge in [-0.2, -0.15) is 0 Å². The smallest absolute Gasteiger partial charge is 0.254 e. The fourth-order valence-corrected chi connectivity index (χ4v) is 5.90. The Morgan fingerprint density at radius 1 is 1.11 bits per heavy atom. The zero-order chi connectivity index (χ0) is 24.8. The van der Waals surface area contributed by atoms with Gasteiger partial charge in [-0.15, -0.1) is 0 Å². The first kappa shape index (κ1) is 25.1. The molecule has 8 heteroatoms. The van der Waals surface area contributed by atoms with Crippen molar-refractivity contribution in [2.75, 3.05) is 13.2 Å². The Labute approximate surface area is 207 Å². The summed E-state index contributed by atoms with van der Waals surface area (Å²) in [7, 11) is -3.68. The zero-order valence-electron chi connectivity index (χ0n) is 20.3. The van der Waals surface area contributed by atoms with Crippen LogP contribution in [0.15, 0.2) is 72.0 Å². The normalized spacial score (nSPS) is 16.0. The van der Waals surface area contributed by atoms with Gasteiger partial charge >= 0.3 is 0 Å². The largest absolute Gasteiger partial charge is 0.376 e. The lowest BCUT2D eigenvalue weighted by atomic mass is 10.1. The Morgan fingerprint density at radius 3 is 2.43 bits per heavy atom. The molecule has 186 valence electrons. The molecule has 1 aliphatic heterocycles. The lowest BCUT2D eigenvalue weighted by molar-refractivity contribution is 0.0501. The van der Waals surface area contributed by atoms with Crippen LogP contribution >= 0.6 is 0 Å². The van der Waals surface area contributed by atoms with Crippen molar-refractivity contribution in [3.05, 3.63) is 83.7 Å². The van der Waals surface area contributed by atoms with Gasteiger partial charge in [-0.25, -0.2) is 13.4 Å². The maximum absolute atomic E-state index is 13.4. The number of amides is 1. The van der Waals surface area contributed by atoms with Gasteiger partial charge in [0.15, 0.2) is 0 Å². The second-order valence-corrected chi connectivity index (χ2v) is 11.4. The zero-order valence-corrected chi connectivity index (χ0v) is 21.2. The number of ether oxygens (including phenoxy) is 1. The molecular formula is C27H33N3O4S. The van der Waals surface area contributed by atoms with Crippen LogP contribution in [0.3, 0.4) is 0 Å². The third-order valence-corrected chi connectivity index (χ3v) is 7.63. The molecule has 4 rings (SSSR count). The summed E-state index contributed by atoms with van der Waals surface area (Å²) in [5.41, 5.74) is 2.01. The van der Waals surface area contributed by atoms with E-state index < -0.39 is 9.84 Å². The lowest BCUT2D eigenvalue weighted by Crippen LogP contribution is -2.37. The molecule has 1 atom stereocenters. The minimum absolute atomic E-state index is 0.0228. The molecule has 3 aromatic rings. The van der Waals surface area contributed by atoms with E-state index in [0.717, 1.165) is 12.8 Å². The van der Waals surface area contributed by atoms with Crippen molar-refractivity contribution in [3.8, 4) is 0 Å². The van der Waals surface area contributed by atoms with Gasteiger partial charge in [0.2, 0.25) is 15.0 Å². The fraction of sp³-hybridized carbons (Fsp3) is 0.407. The van der Waals surface area contributed by atoms with Crippen molar-refractivity contribution in [1.82, 2.24) is 14.5 Å². The summed E-state index contributed by atoms with van der Waals surface area (Å²) in [6.45, 7) is 5.98. The van der Waals surface area contributed by atoms with Gasteiger partial charge in [0.1, 0.15) is 0 Å². The quantitative estimate of drug-likeness (QED) is 0.418. The number of sulfone groups is 1. The highest BCUT2D eigenvalue weighted by atomic mass is 32.2. The molecule has 35 heavy (non-hydrogen) atoms. The summed E-state index contributed by atoms with van der Waals surface area (Å²) in [6.07, 6.45) is 3.46. The molecule has 7 nitrogen and oxygen atoms in total. The molecule has 2 heterocycles. The van der Waals surface area contributed by atoms with E-state index in [1.807, 2.05) is 50.2 Å². The molecule has 0 saturated carbocycles. The number of imidazole rings is 1. The van der Waals surface area contributed by atoms with Crippen molar-refractivity contribution in [3.63, 3.8) is 0 Å². The number of aromatic nitrogens is 2. The molecular weight excluding hydrogens is 462 g/mol. The third kappa shape index (κ3) is 6.38. The number of hydrogen-bond donors (Lipinski definition) is 0. The Kier molecular flexibility index (Phi) is 8.03. The van der Waals surface area contributed by atoms with E-state index in [1.165, 1.54) is 0 Å². The highest BCUT2D eigenvalue weighted by molar-refractivity contribution is 7.90. The van der Waals surface area contributed by atoms with Crippen molar-refractivity contribution in [1.29, 1.82) is 0 Å². The number of rotatable bonds is 10. The van der Waals surface area contributed by atoms with Crippen molar-refractivity contribution in [2.24, 2.45) is 5.92 Å². The first-order valence-corrected chi connectivity index (χ1v) is 13.8. The molecule has 0 radical (unpaired) electrons. The van der Waals surface area contributed by atoms with Crippen LogP contribution < -0.4 is 0 Å². The maximum atomic E-state index is 13.4. The molecule has 1 aromatic heterocycles. The van der Waals surface area contributed by atoms with Gasteiger partial charge in [0, 0.05) is 25.3 Å². The molecule has 0 spiro atoms. The van der Waals surface area contributed by atoms with Gasteiger partial charge in [-0.1, -0.05) is 62.4 Å². The predicted octanol–water partition coefficient (Wildman–Crippen LogP) is 4.33. The maximum Gasteiger partial charge on any atom is 0.254 e. The first-order valence-electron chi connectivity index (χ1n) is 12.1. The molecule has 1 fully saturated rings. The summed E-state index contributed by atoms with van der Waals surface area (Å²) >= 11 is 0. The second-order valence-electron chi connectivity index (χ2n) is 9.47. The number of hydrogen-bond acceptors (Lipinski definition) is 5. The van der Waals surface area contributed by atoms with Crippen LogP contribution in [-0.4, -0.2) is 48.0 Å². The van der Waals surface area contributed by atoms with E-state index in [1.54, 1.807) is 39.9 Å². The second kappa shape index (κ2) is 11.2. The van der Waals surface area contributed by atoms with Crippen molar-refractivity contribution < 1.29 is 17.9 Å². The van der Waals surface area contributed by atoms with E-state index >= 15 is 0 Å². The van der Waals surface area contributed by atoms with Crippen molar-refractivity contribution >= 4 is 15.7 Å². The third-order valence-electron chi connectivity index (χ3n) is 6.04. The Hall–Kier alpha value is -2.97. The van der Waals surface area contributed by atoms with E-state index in [-0.39, 0.29) is 35.4 Å². The molecule has 1 unspecified atom stereocenters. The lowest BCUT2D eigenvalue weighted by Gasteiger charge is -2.26. The van der Waals surface area contributed by atoms with Gasteiger partial charge in [0.05, 0.1) is 30.3 Å². The van der Waals surface area contributed by atoms with Crippen LogP contribution in [0.1, 0.15) is 48.3 Å². The molecule has 0 bridgehead atoms. The molecule has 1 saturated heterocycles. The van der Waals surface area contributed by atoms with E-state index in [9.17, 15) is 13.2 Å². The minimum Gasteiger partial charge on any atom is -0.376 e. The monoisotopic (exact) mass is 495 g/mol. The minimum atomic E-state index is -3.68. The van der Waals surface area contributed by atoms with Crippen LogP contribution in [0.25, 0.3) is 0 Å². The molecule has 0 N–H and O–H groups in total. The van der Waals surface area contributed by atoms with Gasteiger partial charge in [-0.05, 0) is 36.5 Å². The summed E-state index contributed by atoms with van der Waals surface area (Å²) < 4.78 is 34.3. The summed E-state index contributed by atoms with van der Waals surface area (Å²) in [4.78, 5) is 19.6. The van der Waals surface area contributed by atoms with Crippen LogP contribution in [0.4, 0.5) is 0 Å². The Morgan fingerprint density at radius 2 is 1.80 bits per heavy atom. The van der Waals surface area contributed by atoms with Crippen LogP contribution in [0.2, 0.25) is 0 Å². The average Bonchev–Trinajstić information content (AvgIpc) is 3.49. The van der Waals surface area contributed by atoms with E-state index in [4.69, 9.17) is 4.74 Å². The summed E-state index contributed by atoms with van der Waals surface area (Å²) in [5, 5.41) is 0.0503. The molecule has 0 aliphatic carbocycles. The van der Waals surface area contributed by atoms with Crippen LogP contribution in [0, 0.1) is 5.92 Å². The fourth-order valence-electron chi connectivity index (χ4n) is 4.40. The SMILES string of the molecule is CC(C)Cn1c(CN(CC2CCCO2)C(=O)c2ccccc2)cnc1S(=O)(=O)Cc1ccccc1. The molecule has 1 aliphatic rings. The van der Waals surface area contributed by atoms with Crippen LogP contribution in [-0.2, 0) is 33.4 Å². The Bertz CT molecular complexity index is 1220. The summed E-state index contributed by atoms with van der Waals surface area (Å²) in [5.74, 6) is -0.0255. The molecule has 1 amide bonds. The van der Waals surface area contributed by atoms with E-state index in [0.29, 0.717) is 36.5 Å². The Balaban J connectivity index is 1.65. The van der Waals surface area contributed by atoms with Gasteiger partial charge in [0.25, 0.3) is 5.91 Å². The van der Waals surface area contributed by atoms with Crippen molar-refractivity contribution in [2.45, 2.75) is 56.8 Å². The van der Waals surface area contributed by atoms with Gasteiger partial charge < -0.3 is 14.2 Å². The number of nitrogens with zero attached hydrogens (tertiary/aromatic N) is 3. The topological polar surface area (TPSA) is 81.5 Å². The summed E-state index contributed by atoms with van der Waals surface area (Å²) in [6, 6.07) is 18.3. The van der Waals surface area contributed by atoms with Crippen LogP contribution in [0.5, 0.6) is 0 Å². The standard InChI is InChI=1S/C27H33N3O4S/c1-21(2)17-30-24(16-28-27(30)35(32,33)20-22-10-5-3-6-11-22)18-29(19-25-14-9-15-34-25)26(31)23-12-7-4-8-13-23/h3-8,10-13,16,21,25H,9,14-15,17-20H2,1-2H3. The first-order chi connectivity index (χ1) is 16.8. The average molecular weight is 496 g/mol. The predicted molar refractivity (Wildman–Crippen MR) is 135 cm³/mol.